The number of benzene rings is 2. The first-order valence-electron chi connectivity index (χ1n) is 6.87. The maximum atomic E-state index is 10.7. The lowest BCUT2D eigenvalue weighted by Crippen LogP contribution is -2.33. The first kappa shape index (κ1) is 15.1. The third kappa shape index (κ3) is 4.93. The number of nitrogens with one attached hydrogen (secondary N) is 1. The summed E-state index contributed by atoms with van der Waals surface area (Å²) in [5, 5.41) is 11.7. The lowest BCUT2D eigenvalue weighted by atomic mass is 10.2. The van der Waals surface area contributed by atoms with E-state index in [0.717, 1.165) is 16.9 Å². The summed E-state index contributed by atoms with van der Waals surface area (Å²) in [5.41, 5.74) is 2.15. The van der Waals surface area contributed by atoms with E-state index in [2.05, 4.69) is 5.32 Å². The summed E-state index contributed by atoms with van der Waals surface area (Å²) < 4.78 is 5.70. The fourth-order valence-electron chi connectivity index (χ4n) is 1.80. The van der Waals surface area contributed by atoms with Gasteiger partial charge < -0.3 is 15.2 Å². The van der Waals surface area contributed by atoms with E-state index in [1.54, 1.807) is 6.92 Å². The molecule has 0 unspecified atom stereocenters. The van der Waals surface area contributed by atoms with Crippen LogP contribution in [-0.2, 0) is 17.9 Å². The molecular weight excluding hydrogens is 266 g/mol. The van der Waals surface area contributed by atoms with Gasteiger partial charge in [0.2, 0.25) is 0 Å². The Bertz CT molecular complexity index is 566. The zero-order valence-corrected chi connectivity index (χ0v) is 12.0. The normalized spacial score (nSPS) is 11.9. The minimum atomic E-state index is -0.849. The number of ether oxygens (including phenoxy) is 1. The van der Waals surface area contributed by atoms with E-state index in [-0.39, 0.29) is 0 Å². The second-order valence-electron chi connectivity index (χ2n) is 4.86. The molecule has 2 aromatic carbocycles. The number of carboxylic acid groups (broad SMARTS) is 1. The van der Waals surface area contributed by atoms with Gasteiger partial charge in [0.15, 0.2) is 0 Å². The van der Waals surface area contributed by atoms with E-state index >= 15 is 0 Å². The van der Waals surface area contributed by atoms with Gasteiger partial charge >= 0.3 is 5.97 Å². The Morgan fingerprint density at radius 3 is 2.38 bits per heavy atom. The van der Waals surface area contributed by atoms with Crippen molar-refractivity contribution in [3.63, 3.8) is 0 Å². The summed E-state index contributed by atoms with van der Waals surface area (Å²) in [6, 6.07) is 17.1. The molecule has 2 aromatic rings. The Morgan fingerprint density at radius 2 is 1.76 bits per heavy atom. The fourth-order valence-corrected chi connectivity index (χ4v) is 1.80. The maximum absolute atomic E-state index is 10.7. The number of aliphatic carboxylic acids is 1. The Morgan fingerprint density at radius 1 is 1.10 bits per heavy atom. The molecule has 0 saturated heterocycles. The molecule has 0 saturated carbocycles. The molecule has 110 valence electrons. The highest BCUT2D eigenvalue weighted by Crippen LogP contribution is 2.14. The third-order valence-electron chi connectivity index (χ3n) is 3.15. The van der Waals surface area contributed by atoms with Crippen LogP contribution >= 0.6 is 0 Å². The van der Waals surface area contributed by atoms with Gasteiger partial charge in [-0.2, -0.15) is 0 Å². The standard InChI is InChI=1S/C17H19NO3/c1-13(17(19)20)18-11-14-7-9-16(10-8-14)21-12-15-5-3-2-4-6-15/h2-10,13,18H,11-12H2,1H3,(H,19,20)/t13-/m0/s1. The van der Waals surface area contributed by atoms with Crippen LogP contribution in [0.4, 0.5) is 0 Å². The van der Waals surface area contributed by atoms with Crippen molar-refractivity contribution < 1.29 is 14.6 Å². The molecule has 0 spiro atoms. The van der Waals surface area contributed by atoms with Crippen molar-refractivity contribution in [1.29, 1.82) is 0 Å². The molecular formula is C17H19NO3. The summed E-state index contributed by atoms with van der Waals surface area (Å²) in [6.07, 6.45) is 0. The first-order valence-corrected chi connectivity index (χ1v) is 6.87. The Hall–Kier alpha value is -2.33. The van der Waals surface area contributed by atoms with E-state index in [4.69, 9.17) is 9.84 Å². The molecule has 0 aromatic heterocycles. The molecule has 0 heterocycles. The van der Waals surface area contributed by atoms with Gasteiger partial charge in [-0.15, -0.1) is 0 Å². The second-order valence-corrected chi connectivity index (χ2v) is 4.86. The number of carboxylic acids is 1. The highest BCUT2D eigenvalue weighted by Gasteiger charge is 2.09. The van der Waals surface area contributed by atoms with Crippen LogP contribution in [-0.4, -0.2) is 17.1 Å². The quantitative estimate of drug-likeness (QED) is 0.821. The Labute approximate surface area is 124 Å². The molecule has 0 amide bonds. The van der Waals surface area contributed by atoms with Crippen molar-refractivity contribution in [2.75, 3.05) is 0 Å². The number of rotatable bonds is 7. The molecule has 0 aliphatic carbocycles. The van der Waals surface area contributed by atoms with Gasteiger partial charge in [-0.25, -0.2) is 0 Å². The van der Waals surface area contributed by atoms with Crippen LogP contribution in [0.15, 0.2) is 54.6 Å². The van der Waals surface area contributed by atoms with Crippen molar-refractivity contribution in [1.82, 2.24) is 5.32 Å². The fraction of sp³-hybridized carbons (Fsp3) is 0.235. The summed E-state index contributed by atoms with van der Waals surface area (Å²) in [6.45, 7) is 2.68. The monoisotopic (exact) mass is 285 g/mol. The molecule has 0 aliphatic rings. The smallest absolute Gasteiger partial charge is 0.320 e. The minimum Gasteiger partial charge on any atom is -0.489 e. The van der Waals surface area contributed by atoms with Gasteiger partial charge in [-0.3, -0.25) is 4.79 Å². The third-order valence-corrected chi connectivity index (χ3v) is 3.15. The molecule has 4 nitrogen and oxygen atoms in total. The highest BCUT2D eigenvalue weighted by atomic mass is 16.5. The predicted octanol–water partition coefficient (Wildman–Crippen LogP) is 2.83. The molecule has 4 heteroatoms. The summed E-state index contributed by atoms with van der Waals surface area (Å²) in [5.74, 6) is -0.0494. The highest BCUT2D eigenvalue weighted by molar-refractivity contribution is 5.72. The van der Waals surface area contributed by atoms with E-state index in [1.165, 1.54) is 0 Å². The molecule has 2 N–H and O–H groups in total. The van der Waals surface area contributed by atoms with Crippen molar-refractivity contribution in [3.8, 4) is 5.75 Å². The van der Waals surface area contributed by atoms with Crippen molar-refractivity contribution in [2.24, 2.45) is 0 Å². The molecule has 0 fully saturated rings. The largest absolute Gasteiger partial charge is 0.489 e. The molecule has 0 bridgehead atoms. The summed E-state index contributed by atoms with van der Waals surface area (Å²) in [4.78, 5) is 10.7. The summed E-state index contributed by atoms with van der Waals surface area (Å²) in [7, 11) is 0. The van der Waals surface area contributed by atoms with Crippen LogP contribution < -0.4 is 10.1 Å². The number of hydrogen-bond donors (Lipinski definition) is 2. The summed E-state index contributed by atoms with van der Waals surface area (Å²) >= 11 is 0. The maximum Gasteiger partial charge on any atom is 0.320 e. The van der Waals surface area contributed by atoms with E-state index in [9.17, 15) is 4.79 Å². The van der Waals surface area contributed by atoms with Crippen LogP contribution in [0.1, 0.15) is 18.1 Å². The Balaban J connectivity index is 1.83. The van der Waals surface area contributed by atoms with E-state index in [1.807, 2.05) is 54.6 Å². The topological polar surface area (TPSA) is 58.6 Å². The van der Waals surface area contributed by atoms with Crippen molar-refractivity contribution in [2.45, 2.75) is 26.1 Å². The van der Waals surface area contributed by atoms with Gasteiger partial charge in [0.25, 0.3) is 0 Å². The van der Waals surface area contributed by atoms with E-state index < -0.39 is 12.0 Å². The second kappa shape index (κ2) is 7.45. The van der Waals surface area contributed by atoms with Gasteiger partial charge in [-0.05, 0) is 30.2 Å². The molecule has 2 rings (SSSR count). The van der Waals surface area contributed by atoms with Crippen LogP contribution in [0.5, 0.6) is 5.75 Å². The SMILES string of the molecule is C[C@H](NCc1ccc(OCc2ccccc2)cc1)C(=O)O. The lowest BCUT2D eigenvalue weighted by Gasteiger charge is -2.10. The average Bonchev–Trinajstić information content (AvgIpc) is 2.52. The first-order chi connectivity index (χ1) is 10.1. The number of carbonyl (C=O) groups is 1. The van der Waals surface area contributed by atoms with Crippen molar-refractivity contribution in [3.05, 3.63) is 65.7 Å². The zero-order valence-electron chi connectivity index (χ0n) is 12.0. The molecule has 0 aliphatic heterocycles. The van der Waals surface area contributed by atoms with Gasteiger partial charge in [0.05, 0.1) is 0 Å². The molecule has 0 radical (unpaired) electrons. The van der Waals surface area contributed by atoms with E-state index in [0.29, 0.717) is 13.2 Å². The Kier molecular flexibility index (Phi) is 5.35. The van der Waals surface area contributed by atoms with Gasteiger partial charge in [-0.1, -0.05) is 42.5 Å². The zero-order chi connectivity index (χ0) is 15.1. The van der Waals surface area contributed by atoms with Gasteiger partial charge in [0, 0.05) is 6.54 Å². The molecule has 21 heavy (non-hydrogen) atoms. The average molecular weight is 285 g/mol. The van der Waals surface area contributed by atoms with Crippen LogP contribution in [0.3, 0.4) is 0 Å². The predicted molar refractivity (Wildman–Crippen MR) is 81.2 cm³/mol. The van der Waals surface area contributed by atoms with Crippen LogP contribution in [0, 0.1) is 0 Å². The van der Waals surface area contributed by atoms with Crippen LogP contribution in [0.2, 0.25) is 0 Å². The van der Waals surface area contributed by atoms with Crippen LogP contribution in [0.25, 0.3) is 0 Å². The lowest BCUT2D eigenvalue weighted by molar-refractivity contribution is -0.139. The van der Waals surface area contributed by atoms with Crippen molar-refractivity contribution >= 4 is 5.97 Å². The molecule has 1 atom stereocenters. The number of hydrogen-bond acceptors (Lipinski definition) is 3. The minimum absolute atomic E-state index is 0.520. The van der Waals surface area contributed by atoms with Gasteiger partial charge in [0.1, 0.15) is 18.4 Å².